The Morgan fingerprint density at radius 3 is 2.89 bits per heavy atom. The van der Waals surface area contributed by atoms with Crippen molar-refractivity contribution in [3.63, 3.8) is 0 Å². The van der Waals surface area contributed by atoms with E-state index in [1.165, 1.54) is 0 Å². The van der Waals surface area contributed by atoms with Gasteiger partial charge in [-0.1, -0.05) is 29.8 Å². The predicted octanol–water partition coefficient (Wildman–Crippen LogP) is 2.38. The van der Waals surface area contributed by atoms with Crippen LogP contribution in [-0.2, 0) is 11.3 Å². The minimum atomic E-state index is 0. The van der Waals surface area contributed by atoms with Gasteiger partial charge >= 0.3 is 0 Å². The number of benzene rings is 1. The van der Waals surface area contributed by atoms with Crippen LogP contribution in [0.2, 0.25) is 5.02 Å². The van der Waals surface area contributed by atoms with Crippen LogP contribution in [-0.4, -0.2) is 19.0 Å². The lowest BCUT2D eigenvalue weighted by atomic mass is 9.99. The zero-order valence-corrected chi connectivity index (χ0v) is 11.7. The summed E-state index contributed by atoms with van der Waals surface area (Å²) in [5.41, 5.74) is 0.964. The van der Waals surface area contributed by atoms with E-state index in [9.17, 15) is 4.79 Å². The molecule has 0 aliphatic carbocycles. The topological polar surface area (TPSA) is 41.1 Å². The molecule has 1 aromatic rings. The van der Waals surface area contributed by atoms with Gasteiger partial charge in [-0.3, -0.25) is 4.79 Å². The van der Waals surface area contributed by atoms with Crippen molar-refractivity contribution < 1.29 is 4.79 Å². The first-order chi connectivity index (χ1) is 8.27. The van der Waals surface area contributed by atoms with Crippen molar-refractivity contribution >= 4 is 29.9 Å². The standard InChI is InChI=1S/C13H17ClN2O.ClH/c14-12-6-2-1-4-10(12)9-16-13(17)11-5-3-7-15-8-11;/h1-2,4,6,11,15H,3,5,7-9H2,(H,16,17);1H. The number of nitrogens with one attached hydrogen (secondary N) is 2. The minimum absolute atomic E-state index is 0. The maximum Gasteiger partial charge on any atom is 0.224 e. The highest BCUT2D eigenvalue weighted by Gasteiger charge is 2.20. The maximum atomic E-state index is 11.9. The summed E-state index contributed by atoms with van der Waals surface area (Å²) >= 11 is 6.03. The summed E-state index contributed by atoms with van der Waals surface area (Å²) in [4.78, 5) is 11.9. The third-order valence-electron chi connectivity index (χ3n) is 3.08. The third kappa shape index (κ3) is 4.16. The number of hydrogen-bond acceptors (Lipinski definition) is 2. The molecule has 2 N–H and O–H groups in total. The molecule has 100 valence electrons. The van der Waals surface area contributed by atoms with Crippen LogP contribution in [0.5, 0.6) is 0 Å². The summed E-state index contributed by atoms with van der Waals surface area (Å²) in [5, 5.41) is 6.89. The average Bonchev–Trinajstić information content (AvgIpc) is 2.38. The second kappa shape index (κ2) is 7.62. The molecule has 0 saturated carbocycles. The molecule has 1 aromatic carbocycles. The number of carbonyl (C=O) groups is 1. The molecule has 1 heterocycles. The highest BCUT2D eigenvalue weighted by molar-refractivity contribution is 6.31. The number of piperidine rings is 1. The van der Waals surface area contributed by atoms with Crippen LogP contribution < -0.4 is 10.6 Å². The number of carbonyl (C=O) groups excluding carboxylic acids is 1. The molecule has 0 radical (unpaired) electrons. The number of rotatable bonds is 3. The van der Waals surface area contributed by atoms with Crippen molar-refractivity contribution in [2.45, 2.75) is 19.4 Å². The van der Waals surface area contributed by atoms with Gasteiger partial charge in [0.25, 0.3) is 0 Å². The summed E-state index contributed by atoms with van der Waals surface area (Å²) in [5.74, 6) is 0.225. The number of halogens is 2. The number of amides is 1. The Hall–Kier alpha value is -0.770. The Kier molecular flexibility index (Phi) is 6.47. The lowest BCUT2D eigenvalue weighted by molar-refractivity contribution is -0.125. The monoisotopic (exact) mass is 288 g/mol. The van der Waals surface area contributed by atoms with Crippen LogP contribution in [0.15, 0.2) is 24.3 Å². The largest absolute Gasteiger partial charge is 0.352 e. The summed E-state index contributed by atoms with van der Waals surface area (Å²) in [7, 11) is 0. The van der Waals surface area contributed by atoms with Gasteiger partial charge in [0.15, 0.2) is 0 Å². The van der Waals surface area contributed by atoms with Gasteiger partial charge in [-0.2, -0.15) is 0 Å². The zero-order valence-electron chi connectivity index (χ0n) is 10.1. The van der Waals surface area contributed by atoms with Gasteiger partial charge in [0.1, 0.15) is 0 Å². The van der Waals surface area contributed by atoms with Crippen LogP contribution in [0.25, 0.3) is 0 Å². The Morgan fingerprint density at radius 1 is 1.44 bits per heavy atom. The van der Waals surface area contributed by atoms with Gasteiger partial charge in [-0.25, -0.2) is 0 Å². The highest BCUT2D eigenvalue weighted by Crippen LogP contribution is 2.15. The molecule has 2 rings (SSSR count). The molecule has 5 heteroatoms. The second-order valence-electron chi connectivity index (χ2n) is 4.35. The fourth-order valence-corrected chi connectivity index (χ4v) is 2.25. The van der Waals surface area contributed by atoms with Crippen LogP contribution in [0, 0.1) is 5.92 Å². The summed E-state index contributed by atoms with van der Waals surface area (Å²) in [6.45, 7) is 2.32. The minimum Gasteiger partial charge on any atom is -0.352 e. The first-order valence-electron chi connectivity index (χ1n) is 5.99. The Bertz CT molecular complexity index is 392. The van der Waals surface area contributed by atoms with Crippen molar-refractivity contribution in [2.24, 2.45) is 5.92 Å². The Balaban J connectivity index is 0.00000162. The van der Waals surface area contributed by atoms with Crippen LogP contribution in [0.1, 0.15) is 18.4 Å². The fourth-order valence-electron chi connectivity index (χ4n) is 2.04. The first kappa shape index (κ1) is 15.3. The highest BCUT2D eigenvalue weighted by atomic mass is 35.5. The predicted molar refractivity (Wildman–Crippen MR) is 76.1 cm³/mol. The SMILES string of the molecule is Cl.O=C(NCc1ccccc1Cl)C1CCCNC1. The smallest absolute Gasteiger partial charge is 0.224 e. The van der Waals surface area contributed by atoms with Gasteiger partial charge in [0, 0.05) is 18.1 Å². The van der Waals surface area contributed by atoms with E-state index in [0.717, 1.165) is 31.5 Å². The molecule has 0 spiro atoms. The van der Waals surface area contributed by atoms with Gasteiger partial charge in [0.2, 0.25) is 5.91 Å². The van der Waals surface area contributed by atoms with Crippen LogP contribution in [0.3, 0.4) is 0 Å². The molecule has 1 atom stereocenters. The molecule has 1 saturated heterocycles. The van der Waals surface area contributed by atoms with E-state index in [2.05, 4.69) is 10.6 Å². The molecule has 3 nitrogen and oxygen atoms in total. The first-order valence-corrected chi connectivity index (χ1v) is 6.37. The molecular weight excluding hydrogens is 271 g/mol. The molecule has 0 bridgehead atoms. The van der Waals surface area contributed by atoms with Crippen molar-refractivity contribution in [2.75, 3.05) is 13.1 Å². The Morgan fingerprint density at radius 2 is 2.22 bits per heavy atom. The molecular formula is C13H18Cl2N2O. The third-order valence-corrected chi connectivity index (χ3v) is 3.45. The normalized spacial score (nSPS) is 18.8. The van der Waals surface area contributed by atoms with E-state index < -0.39 is 0 Å². The van der Waals surface area contributed by atoms with E-state index in [0.29, 0.717) is 11.6 Å². The van der Waals surface area contributed by atoms with Gasteiger partial charge in [0.05, 0.1) is 5.92 Å². The summed E-state index contributed by atoms with van der Waals surface area (Å²) < 4.78 is 0. The van der Waals surface area contributed by atoms with Crippen molar-refractivity contribution in [1.29, 1.82) is 0 Å². The average molecular weight is 289 g/mol. The molecule has 1 aliphatic heterocycles. The van der Waals surface area contributed by atoms with Gasteiger partial charge in [-0.15, -0.1) is 12.4 Å². The molecule has 0 aromatic heterocycles. The van der Waals surface area contributed by atoms with Gasteiger partial charge < -0.3 is 10.6 Å². The maximum absolute atomic E-state index is 11.9. The summed E-state index contributed by atoms with van der Waals surface area (Å²) in [6.07, 6.45) is 2.05. The van der Waals surface area contributed by atoms with Crippen molar-refractivity contribution in [3.8, 4) is 0 Å². The summed E-state index contributed by atoms with van der Waals surface area (Å²) in [6, 6.07) is 7.58. The van der Waals surface area contributed by atoms with E-state index in [4.69, 9.17) is 11.6 Å². The molecule has 1 aliphatic rings. The lowest BCUT2D eigenvalue weighted by Gasteiger charge is -2.22. The van der Waals surface area contributed by atoms with Crippen molar-refractivity contribution in [3.05, 3.63) is 34.9 Å². The molecule has 1 unspecified atom stereocenters. The van der Waals surface area contributed by atoms with Crippen LogP contribution in [0.4, 0.5) is 0 Å². The molecule has 18 heavy (non-hydrogen) atoms. The zero-order chi connectivity index (χ0) is 12.1. The van der Waals surface area contributed by atoms with E-state index in [-0.39, 0.29) is 24.2 Å². The van der Waals surface area contributed by atoms with E-state index in [1.54, 1.807) is 0 Å². The van der Waals surface area contributed by atoms with E-state index >= 15 is 0 Å². The van der Waals surface area contributed by atoms with Gasteiger partial charge in [-0.05, 0) is 31.0 Å². The molecule has 1 fully saturated rings. The quantitative estimate of drug-likeness (QED) is 0.897. The number of hydrogen-bond donors (Lipinski definition) is 2. The van der Waals surface area contributed by atoms with E-state index in [1.807, 2.05) is 24.3 Å². The lowest BCUT2D eigenvalue weighted by Crippen LogP contribution is -2.40. The van der Waals surface area contributed by atoms with Crippen molar-refractivity contribution in [1.82, 2.24) is 10.6 Å². The molecule has 1 amide bonds. The second-order valence-corrected chi connectivity index (χ2v) is 4.76. The Labute approximate surface area is 119 Å². The van der Waals surface area contributed by atoms with Crippen LogP contribution >= 0.6 is 24.0 Å². The fraction of sp³-hybridized carbons (Fsp3) is 0.462.